The zero-order valence-corrected chi connectivity index (χ0v) is 17.1. The maximum Gasteiger partial charge on any atom is 0.318 e. The summed E-state index contributed by atoms with van der Waals surface area (Å²) in [6.07, 6.45) is 3.81. The van der Waals surface area contributed by atoms with E-state index < -0.39 is 0 Å². The maximum atomic E-state index is 12.5. The first-order valence-electron chi connectivity index (χ1n) is 9.33. The smallest absolute Gasteiger partial charge is 0.318 e. The summed E-state index contributed by atoms with van der Waals surface area (Å²) in [5, 5.41) is 2.98. The van der Waals surface area contributed by atoms with E-state index in [1.807, 2.05) is 45.0 Å². The second-order valence-electron chi connectivity index (χ2n) is 7.67. The highest BCUT2D eigenvalue weighted by Crippen LogP contribution is 2.19. The standard InChI is InChI=1S/C21H32N4O/c1-14(2)23-21(26)25(15(3)4)13-20-22-8-9-24(20)12-19-17(6)10-16(5)11-18(19)7/h8-11,14-15H,12-13H2,1-7H3,(H,23,26). The topological polar surface area (TPSA) is 50.2 Å². The fraction of sp³-hybridized carbons (Fsp3) is 0.524. The molecule has 0 fully saturated rings. The van der Waals surface area contributed by atoms with Gasteiger partial charge in [0.05, 0.1) is 6.54 Å². The largest absolute Gasteiger partial charge is 0.336 e. The van der Waals surface area contributed by atoms with Gasteiger partial charge in [0.15, 0.2) is 0 Å². The molecule has 0 spiro atoms. The molecule has 1 N–H and O–H groups in total. The fourth-order valence-electron chi connectivity index (χ4n) is 3.24. The molecule has 0 bridgehead atoms. The zero-order valence-electron chi connectivity index (χ0n) is 17.1. The molecule has 1 aromatic carbocycles. The van der Waals surface area contributed by atoms with Gasteiger partial charge in [0.2, 0.25) is 0 Å². The summed E-state index contributed by atoms with van der Waals surface area (Å²) in [6, 6.07) is 4.60. The van der Waals surface area contributed by atoms with E-state index in [-0.39, 0.29) is 18.1 Å². The normalized spacial score (nSPS) is 11.3. The summed E-state index contributed by atoms with van der Waals surface area (Å²) in [6.45, 7) is 15.7. The van der Waals surface area contributed by atoms with Gasteiger partial charge >= 0.3 is 6.03 Å². The van der Waals surface area contributed by atoms with Crippen LogP contribution in [0.3, 0.4) is 0 Å². The van der Waals surface area contributed by atoms with Crippen LogP contribution >= 0.6 is 0 Å². The van der Waals surface area contributed by atoms with Crippen LogP contribution in [-0.4, -0.2) is 32.6 Å². The molecule has 2 rings (SSSR count). The van der Waals surface area contributed by atoms with Crippen LogP contribution in [-0.2, 0) is 13.1 Å². The minimum absolute atomic E-state index is 0.0488. The Hall–Kier alpha value is -2.30. The minimum atomic E-state index is -0.0488. The van der Waals surface area contributed by atoms with Gasteiger partial charge in [0.25, 0.3) is 0 Å². The van der Waals surface area contributed by atoms with Crippen molar-refractivity contribution in [3.05, 3.63) is 52.6 Å². The number of imidazole rings is 1. The third kappa shape index (κ3) is 4.87. The van der Waals surface area contributed by atoms with Gasteiger partial charge in [-0.25, -0.2) is 9.78 Å². The number of hydrogen-bond acceptors (Lipinski definition) is 2. The van der Waals surface area contributed by atoms with E-state index in [0.29, 0.717) is 6.54 Å². The van der Waals surface area contributed by atoms with Crippen molar-refractivity contribution in [1.29, 1.82) is 0 Å². The molecule has 5 heteroatoms. The highest BCUT2D eigenvalue weighted by atomic mass is 16.2. The highest BCUT2D eigenvalue weighted by molar-refractivity contribution is 5.74. The summed E-state index contributed by atoms with van der Waals surface area (Å²) >= 11 is 0. The Morgan fingerprint density at radius 1 is 1.15 bits per heavy atom. The van der Waals surface area contributed by atoms with Gasteiger partial charge in [-0.15, -0.1) is 0 Å². The van der Waals surface area contributed by atoms with Crippen LogP contribution in [0, 0.1) is 20.8 Å². The van der Waals surface area contributed by atoms with E-state index in [1.165, 1.54) is 22.3 Å². The van der Waals surface area contributed by atoms with Gasteiger partial charge in [-0.05, 0) is 65.2 Å². The number of hydrogen-bond donors (Lipinski definition) is 1. The zero-order chi connectivity index (χ0) is 19.4. The predicted molar refractivity (Wildman–Crippen MR) is 106 cm³/mol. The van der Waals surface area contributed by atoms with Gasteiger partial charge in [0, 0.05) is 31.0 Å². The van der Waals surface area contributed by atoms with Crippen LogP contribution in [0.2, 0.25) is 0 Å². The summed E-state index contributed by atoms with van der Waals surface area (Å²) in [5.41, 5.74) is 5.18. The molecule has 0 unspecified atom stereocenters. The Bertz CT molecular complexity index is 738. The average molecular weight is 357 g/mol. The number of amides is 2. The molecule has 2 aromatic rings. The first kappa shape index (κ1) is 20.0. The highest BCUT2D eigenvalue weighted by Gasteiger charge is 2.20. The van der Waals surface area contributed by atoms with Crippen LogP contribution in [0.15, 0.2) is 24.5 Å². The Labute approximate surface area is 157 Å². The Balaban J connectivity index is 2.23. The van der Waals surface area contributed by atoms with Gasteiger partial charge in [-0.1, -0.05) is 17.7 Å². The van der Waals surface area contributed by atoms with Gasteiger partial charge in [-0.2, -0.15) is 0 Å². The third-order valence-corrected chi connectivity index (χ3v) is 4.58. The Kier molecular flexibility index (Phi) is 6.46. The van der Waals surface area contributed by atoms with E-state index in [4.69, 9.17) is 0 Å². The number of carbonyl (C=O) groups is 1. The molecule has 0 aliphatic carbocycles. The van der Waals surface area contributed by atoms with Crippen molar-refractivity contribution in [1.82, 2.24) is 19.8 Å². The predicted octanol–water partition coefficient (Wildman–Crippen LogP) is 4.19. The monoisotopic (exact) mass is 356 g/mol. The van der Waals surface area contributed by atoms with Crippen LogP contribution < -0.4 is 5.32 Å². The Morgan fingerprint density at radius 2 is 1.77 bits per heavy atom. The molecule has 0 aliphatic rings. The lowest BCUT2D eigenvalue weighted by Crippen LogP contribution is -2.46. The van der Waals surface area contributed by atoms with Crippen LogP contribution in [0.25, 0.3) is 0 Å². The molecule has 1 aromatic heterocycles. The molecule has 0 atom stereocenters. The lowest BCUT2D eigenvalue weighted by molar-refractivity contribution is 0.174. The van der Waals surface area contributed by atoms with Crippen LogP contribution in [0.4, 0.5) is 4.79 Å². The lowest BCUT2D eigenvalue weighted by atomic mass is 10.00. The fourth-order valence-corrected chi connectivity index (χ4v) is 3.24. The van der Waals surface area contributed by atoms with Crippen molar-refractivity contribution in [2.45, 2.75) is 73.6 Å². The second kappa shape index (κ2) is 8.39. The van der Waals surface area contributed by atoms with Gasteiger partial charge < -0.3 is 14.8 Å². The number of carbonyl (C=O) groups excluding carboxylic acids is 1. The molecule has 0 aliphatic heterocycles. The number of urea groups is 1. The molecule has 0 saturated carbocycles. The molecule has 142 valence electrons. The van der Waals surface area contributed by atoms with Crippen molar-refractivity contribution in [2.75, 3.05) is 0 Å². The quantitative estimate of drug-likeness (QED) is 0.844. The van der Waals surface area contributed by atoms with E-state index >= 15 is 0 Å². The summed E-state index contributed by atoms with van der Waals surface area (Å²) in [5.74, 6) is 0.900. The SMILES string of the molecule is Cc1cc(C)c(Cn2ccnc2CN(C(=O)NC(C)C)C(C)C)c(C)c1. The number of nitrogens with zero attached hydrogens (tertiary/aromatic N) is 3. The molecule has 5 nitrogen and oxygen atoms in total. The molecular weight excluding hydrogens is 324 g/mol. The molecule has 0 saturated heterocycles. The lowest BCUT2D eigenvalue weighted by Gasteiger charge is -2.28. The van der Waals surface area contributed by atoms with E-state index in [0.717, 1.165) is 12.4 Å². The third-order valence-electron chi connectivity index (χ3n) is 4.58. The molecule has 26 heavy (non-hydrogen) atoms. The van der Waals surface area contributed by atoms with E-state index in [2.05, 4.69) is 47.8 Å². The molecule has 1 heterocycles. The van der Waals surface area contributed by atoms with Crippen molar-refractivity contribution < 1.29 is 4.79 Å². The molecule has 2 amide bonds. The van der Waals surface area contributed by atoms with E-state index in [1.54, 1.807) is 0 Å². The first-order valence-corrected chi connectivity index (χ1v) is 9.33. The maximum absolute atomic E-state index is 12.5. The van der Waals surface area contributed by atoms with E-state index in [9.17, 15) is 4.79 Å². The summed E-state index contributed by atoms with van der Waals surface area (Å²) in [4.78, 5) is 18.9. The average Bonchev–Trinajstić information content (AvgIpc) is 2.94. The van der Waals surface area contributed by atoms with Gasteiger partial charge in [-0.3, -0.25) is 0 Å². The number of benzene rings is 1. The van der Waals surface area contributed by atoms with Crippen LogP contribution in [0.5, 0.6) is 0 Å². The second-order valence-corrected chi connectivity index (χ2v) is 7.67. The van der Waals surface area contributed by atoms with Crippen molar-refractivity contribution in [3.63, 3.8) is 0 Å². The minimum Gasteiger partial charge on any atom is -0.336 e. The number of nitrogens with one attached hydrogen (secondary N) is 1. The number of aromatic nitrogens is 2. The Morgan fingerprint density at radius 3 is 2.31 bits per heavy atom. The molecular formula is C21H32N4O. The molecule has 0 radical (unpaired) electrons. The van der Waals surface area contributed by atoms with Crippen molar-refractivity contribution in [2.24, 2.45) is 0 Å². The van der Waals surface area contributed by atoms with Crippen molar-refractivity contribution >= 4 is 6.03 Å². The number of rotatable bonds is 6. The summed E-state index contributed by atoms with van der Waals surface area (Å²) < 4.78 is 2.14. The first-order chi connectivity index (χ1) is 12.2. The number of aryl methyl sites for hydroxylation is 3. The van der Waals surface area contributed by atoms with Crippen LogP contribution in [0.1, 0.15) is 55.8 Å². The van der Waals surface area contributed by atoms with Gasteiger partial charge in [0.1, 0.15) is 5.82 Å². The summed E-state index contributed by atoms with van der Waals surface area (Å²) in [7, 11) is 0. The van der Waals surface area contributed by atoms with Crippen molar-refractivity contribution in [3.8, 4) is 0 Å².